The van der Waals surface area contributed by atoms with Gasteiger partial charge < -0.3 is 15.2 Å². The largest absolute Gasteiger partial charge is 0.480 e. The molecule has 0 aliphatic heterocycles. The Kier molecular flexibility index (Phi) is 6.52. The Morgan fingerprint density at radius 2 is 1.54 bits per heavy atom. The SMILES string of the molecule is CC(C)(C)OC(=O)CC(C)(CNC(C)(C)C(=O)O)c1cc(F)cc(F)c1. The van der Waals surface area contributed by atoms with E-state index >= 15 is 0 Å². The molecule has 1 aromatic carbocycles. The molecule has 5 nitrogen and oxygen atoms in total. The molecule has 0 fully saturated rings. The second kappa shape index (κ2) is 7.70. The summed E-state index contributed by atoms with van der Waals surface area (Å²) < 4.78 is 32.7. The van der Waals surface area contributed by atoms with Crippen LogP contribution >= 0.6 is 0 Å². The molecule has 0 bridgehead atoms. The van der Waals surface area contributed by atoms with Crippen LogP contribution in [0, 0.1) is 11.6 Å². The van der Waals surface area contributed by atoms with Crippen molar-refractivity contribution in [3.8, 4) is 0 Å². The van der Waals surface area contributed by atoms with Crippen LogP contribution in [0.15, 0.2) is 18.2 Å². The zero-order chi connectivity index (χ0) is 20.3. The van der Waals surface area contributed by atoms with E-state index in [0.717, 1.165) is 18.2 Å². The molecule has 146 valence electrons. The summed E-state index contributed by atoms with van der Waals surface area (Å²) >= 11 is 0. The van der Waals surface area contributed by atoms with E-state index in [4.69, 9.17) is 4.74 Å². The average Bonchev–Trinajstić information content (AvgIpc) is 2.42. The maximum Gasteiger partial charge on any atom is 0.323 e. The molecule has 1 aromatic rings. The maximum absolute atomic E-state index is 13.7. The Morgan fingerprint density at radius 3 is 1.96 bits per heavy atom. The number of carbonyl (C=O) groups excluding carboxylic acids is 1. The van der Waals surface area contributed by atoms with Crippen LogP contribution in [-0.4, -0.2) is 34.7 Å². The second-order valence-electron chi connectivity index (χ2n) is 8.27. The Labute approximate surface area is 152 Å². The van der Waals surface area contributed by atoms with E-state index in [1.165, 1.54) is 13.8 Å². The molecule has 1 rings (SSSR count). The Morgan fingerprint density at radius 1 is 1.04 bits per heavy atom. The van der Waals surface area contributed by atoms with Crippen molar-refractivity contribution >= 4 is 11.9 Å². The molecule has 0 amide bonds. The number of carboxylic acids is 1. The highest BCUT2D eigenvalue weighted by Gasteiger charge is 2.36. The van der Waals surface area contributed by atoms with Crippen molar-refractivity contribution in [3.05, 3.63) is 35.4 Å². The van der Waals surface area contributed by atoms with Crippen LogP contribution in [-0.2, 0) is 19.7 Å². The number of halogens is 2. The van der Waals surface area contributed by atoms with Gasteiger partial charge in [0.15, 0.2) is 0 Å². The fraction of sp³-hybridized carbons (Fsp3) is 0.579. The lowest BCUT2D eigenvalue weighted by Gasteiger charge is -2.34. The number of hydrogen-bond donors (Lipinski definition) is 2. The number of nitrogens with one attached hydrogen (secondary N) is 1. The number of aliphatic carboxylic acids is 1. The molecule has 7 heteroatoms. The number of rotatable bonds is 7. The first-order chi connectivity index (χ1) is 11.6. The van der Waals surface area contributed by atoms with Crippen molar-refractivity contribution in [2.45, 2.75) is 64.5 Å². The van der Waals surface area contributed by atoms with Crippen molar-refractivity contribution in [2.75, 3.05) is 6.54 Å². The van der Waals surface area contributed by atoms with Gasteiger partial charge in [-0.15, -0.1) is 0 Å². The lowest BCUT2D eigenvalue weighted by molar-refractivity contribution is -0.156. The van der Waals surface area contributed by atoms with Crippen molar-refractivity contribution in [3.63, 3.8) is 0 Å². The summed E-state index contributed by atoms with van der Waals surface area (Å²) in [7, 11) is 0. The lowest BCUT2D eigenvalue weighted by atomic mass is 9.78. The van der Waals surface area contributed by atoms with Gasteiger partial charge in [0.25, 0.3) is 0 Å². The molecule has 1 atom stereocenters. The molecule has 0 aliphatic rings. The highest BCUT2D eigenvalue weighted by atomic mass is 19.1. The van der Waals surface area contributed by atoms with Crippen LogP contribution in [0.3, 0.4) is 0 Å². The van der Waals surface area contributed by atoms with Crippen LogP contribution in [0.4, 0.5) is 8.78 Å². The van der Waals surface area contributed by atoms with E-state index in [-0.39, 0.29) is 18.5 Å². The third-order valence-electron chi connectivity index (χ3n) is 3.97. The third kappa shape index (κ3) is 6.37. The summed E-state index contributed by atoms with van der Waals surface area (Å²) in [5.41, 5.74) is -2.81. The molecular weight excluding hydrogens is 344 g/mol. The van der Waals surface area contributed by atoms with E-state index in [0.29, 0.717) is 0 Å². The van der Waals surface area contributed by atoms with Gasteiger partial charge in [-0.2, -0.15) is 0 Å². The normalized spacial score (nSPS) is 14.6. The smallest absolute Gasteiger partial charge is 0.323 e. The summed E-state index contributed by atoms with van der Waals surface area (Å²) in [6.07, 6.45) is -0.171. The minimum absolute atomic E-state index is 0.00837. The van der Waals surface area contributed by atoms with Crippen LogP contribution in [0.1, 0.15) is 53.5 Å². The maximum atomic E-state index is 13.7. The molecule has 0 saturated carbocycles. The minimum Gasteiger partial charge on any atom is -0.480 e. The first kappa shape index (κ1) is 22.0. The zero-order valence-corrected chi connectivity index (χ0v) is 16.1. The van der Waals surface area contributed by atoms with Crippen molar-refractivity contribution < 1.29 is 28.2 Å². The van der Waals surface area contributed by atoms with Gasteiger partial charge in [0.2, 0.25) is 0 Å². The van der Waals surface area contributed by atoms with Gasteiger partial charge in [0.05, 0.1) is 6.42 Å². The van der Waals surface area contributed by atoms with Crippen molar-refractivity contribution in [1.82, 2.24) is 5.32 Å². The Hall–Kier alpha value is -2.02. The quantitative estimate of drug-likeness (QED) is 0.719. The Balaban J connectivity index is 3.19. The van der Waals surface area contributed by atoms with Gasteiger partial charge >= 0.3 is 11.9 Å². The third-order valence-corrected chi connectivity index (χ3v) is 3.97. The van der Waals surface area contributed by atoms with Crippen LogP contribution in [0.5, 0.6) is 0 Å². The van der Waals surface area contributed by atoms with E-state index in [1.807, 2.05) is 0 Å². The summed E-state index contributed by atoms with van der Waals surface area (Å²) in [5, 5.41) is 12.1. The minimum atomic E-state index is -1.28. The van der Waals surface area contributed by atoms with Gasteiger partial charge in [0, 0.05) is 18.0 Å². The van der Waals surface area contributed by atoms with E-state index in [9.17, 15) is 23.5 Å². The highest BCUT2D eigenvalue weighted by molar-refractivity contribution is 5.77. The van der Waals surface area contributed by atoms with E-state index in [1.54, 1.807) is 27.7 Å². The molecule has 0 radical (unpaired) electrons. The Bertz CT molecular complexity index is 662. The van der Waals surface area contributed by atoms with Gasteiger partial charge in [-0.05, 0) is 52.3 Å². The standard InChI is InChI=1S/C19H27F2NO4/c1-17(2,3)26-15(23)10-19(6,11-22-18(4,5)16(24)25)12-7-13(20)9-14(21)8-12/h7-9,22H,10-11H2,1-6H3,(H,24,25). The first-order valence-corrected chi connectivity index (χ1v) is 8.31. The van der Waals surface area contributed by atoms with E-state index < -0.39 is 40.1 Å². The molecular formula is C19H27F2NO4. The molecule has 0 aliphatic carbocycles. The fourth-order valence-electron chi connectivity index (χ4n) is 2.36. The van der Waals surface area contributed by atoms with Gasteiger partial charge in [-0.3, -0.25) is 9.59 Å². The second-order valence-corrected chi connectivity index (χ2v) is 8.27. The molecule has 1 unspecified atom stereocenters. The lowest BCUT2D eigenvalue weighted by Crippen LogP contribution is -2.52. The number of carbonyl (C=O) groups is 2. The summed E-state index contributed by atoms with van der Waals surface area (Å²) in [5.74, 6) is -3.16. The van der Waals surface area contributed by atoms with Gasteiger partial charge in [-0.1, -0.05) is 6.92 Å². The number of ether oxygens (including phenoxy) is 1. The fourth-order valence-corrected chi connectivity index (χ4v) is 2.36. The summed E-state index contributed by atoms with van der Waals surface area (Å²) in [4.78, 5) is 23.6. The monoisotopic (exact) mass is 371 g/mol. The zero-order valence-electron chi connectivity index (χ0n) is 16.1. The first-order valence-electron chi connectivity index (χ1n) is 8.31. The molecule has 26 heavy (non-hydrogen) atoms. The predicted molar refractivity (Wildman–Crippen MR) is 93.9 cm³/mol. The summed E-state index contributed by atoms with van der Waals surface area (Å²) in [6.45, 7) is 9.73. The highest BCUT2D eigenvalue weighted by Crippen LogP contribution is 2.30. The van der Waals surface area contributed by atoms with Crippen LogP contribution in [0.2, 0.25) is 0 Å². The average molecular weight is 371 g/mol. The predicted octanol–water partition coefficient (Wildman–Crippen LogP) is 3.41. The van der Waals surface area contributed by atoms with Crippen molar-refractivity contribution in [1.29, 1.82) is 0 Å². The van der Waals surface area contributed by atoms with Gasteiger partial charge in [0.1, 0.15) is 22.8 Å². The molecule has 2 N–H and O–H groups in total. The molecule has 0 heterocycles. The van der Waals surface area contributed by atoms with E-state index in [2.05, 4.69) is 5.32 Å². The number of hydrogen-bond acceptors (Lipinski definition) is 4. The topological polar surface area (TPSA) is 75.6 Å². The van der Waals surface area contributed by atoms with Crippen LogP contribution < -0.4 is 5.32 Å². The molecule has 0 saturated heterocycles. The number of carboxylic acid groups (broad SMARTS) is 1. The number of esters is 1. The van der Waals surface area contributed by atoms with Gasteiger partial charge in [-0.25, -0.2) is 8.78 Å². The summed E-state index contributed by atoms with van der Waals surface area (Å²) in [6, 6.07) is 3.03. The van der Waals surface area contributed by atoms with Crippen molar-refractivity contribution in [2.24, 2.45) is 0 Å². The molecule has 0 spiro atoms. The number of benzene rings is 1. The molecule has 0 aromatic heterocycles. The van der Waals surface area contributed by atoms with Crippen LogP contribution in [0.25, 0.3) is 0 Å².